The molecule has 36 heavy (non-hydrogen) atoms. The third-order valence-electron chi connectivity index (χ3n) is 6.09. The largest absolute Gasteiger partial charge is 0.382 e. The Labute approximate surface area is 223 Å². The van der Waals surface area contributed by atoms with Crippen LogP contribution in [0.5, 0.6) is 0 Å². The van der Waals surface area contributed by atoms with E-state index in [1.54, 1.807) is 25.8 Å². The molecule has 0 aromatic heterocycles. The quantitative estimate of drug-likeness (QED) is 0.171. The molecule has 0 saturated carbocycles. The van der Waals surface area contributed by atoms with Crippen molar-refractivity contribution >= 4 is 29.2 Å². The Bertz CT molecular complexity index is 591. The van der Waals surface area contributed by atoms with Gasteiger partial charge in [0, 0.05) is 31.1 Å². The Morgan fingerprint density at radius 1 is 0.917 bits per heavy atom. The summed E-state index contributed by atoms with van der Waals surface area (Å²) in [5.41, 5.74) is 5.57. The molecule has 0 spiro atoms. The van der Waals surface area contributed by atoms with Crippen LogP contribution in [0.4, 0.5) is 0 Å². The van der Waals surface area contributed by atoms with Gasteiger partial charge in [-0.1, -0.05) is 27.2 Å². The van der Waals surface area contributed by atoms with E-state index in [4.69, 9.17) is 19.9 Å². The molecule has 0 saturated heterocycles. The normalized spacial score (nSPS) is 14.0. The monoisotopic (exact) mass is 532 g/mol. The molecular formula is C27H52N2O6S. The predicted octanol–water partition coefficient (Wildman–Crippen LogP) is 3.64. The summed E-state index contributed by atoms with van der Waals surface area (Å²) >= 11 is 1.76. The van der Waals surface area contributed by atoms with E-state index in [1.165, 1.54) is 0 Å². The van der Waals surface area contributed by atoms with Crippen LogP contribution in [0, 0.1) is 17.8 Å². The maximum atomic E-state index is 13.1. The van der Waals surface area contributed by atoms with Gasteiger partial charge in [-0.05, 0) is 57.2 Å². The number of Topliss-reactive ketones (excluding diaryl/α,β-unsaturated/α-hetero) is 2. The van der Waals surface area contributed by atoms with Crippen LogP contribution in [0.15, 0.2) is 0 Å². The zero-order chi connectivity index (χ0) is 27.2. The number of rotatable bonds is 25. The molecule has 9 heteroatoms. The molecule has 0 aliphatic heterocycles. The zero-order valence-corrected chi connectivity index (χ0v) is 24.2. The molecule has 3 atom stereocenters. The van der Waals surface area contributed by atoms with E-state index in [0.29, 0.717) is 52.4 Å². The van der Waals surface area contributed by atoms with Crippen LogP contribution in [0.1, 0.15) is 72.6 Å². The van der Waals surface area contributed by atoms with Crippen molar-refractivity contribution in [2.24, 2.45) is 23.5 Å². The van der Waals surface area contributed by atoms with Crippen LogP contribution in [-0.4, -0.2) is 81.7 Å². The van der Waals surface area contributed by atoms with Crippen molar-refractivity contribution in [1.82, 2.24) is 5.32 Å². The van der Waals surface area contributed by atoms with E-state index in [-0.39, 0.29) is 41.6 Å². The number of thioether (sulfide) groups is 1. The highest BCUT2D eigenvalue weighted by atomic mass is 32.2. The van der Waals surface area contributed by atoms with Gasteiger partial charge in [0.1, 0.15) is 5.78 Å². The lowest BCUT2D eigenvalue weighted by atomic mass is 9.88. The molecule has 0 aromatic rings. The number of methoxy groups -OCH3 is 1. The van der Waals surface area contributed by atoms with Crippen molar-refractivity contribution < 1.29 is 28.6 Å². The van der Waals surface area contributed by atoms with Crippen LogP contribution < -0.4 is 11.1 Å². The summed E-state index contributed by atoms with van der Waals surface area (Å²) in [6.07, 6.45) is 4.58. The Balaban J connectivity index is 4.54. The van der Waals surface area contributed by atoms with Crippen molar-refractivity contribution in [1.29, 1.82) is 0 Å². The first-order valence-electron chi connectivity index (χ1n) is 13.5. The number of amides is 1. The van der Waals surface area contributed by atoms with Gasteiger partial charge in [-0.15, -0.1) is 0 Å². The van der Waals surface area contributed by atoms with E-state index in [1.807, 2.05) is 20.8 Å². The van der Waals surface area contributed by atoms with Gasteiger partial charge in [-0.3, -0.25) is 14.4 Å². The molecular weight excluding hydrogens is 480 g/mol. The first-order valence-corrected chi connectivity index (χ1v) is 14.7. The van der Waals surface area contributed by atoms with Crippen LogP contribution in [0.3, 0.4) is 0 Å². The number of hydrogen-bond acceptors (Lipinski definition) is 8. The number of carbonyl (C=O) groups is 3. The summed E-state index contributed by atoms with van der Waals surface area (Å²) in [4.78, 5) is 38.2. The maximum Gasteiger partial charge on any atom is 0.223 e. The molecule has 0 fully saturated rings. The Morgan fingerprint density at radius 2 is 1.58 bits per heavy atom. The molecule has 0 aromatic carbocycles. The van der Waals surface area contributed by atoms with Crippen molar-refractivity contribution in [2.75, 3.05) is 58.2 Å². The number of unbranched alkanes of at least 4 members (excludes halogenated alkanes) is 1. The topological polar surface area (TPSA) is 117 Å². The smallest absolute Gasteiger partial charge is 0.223 e. The maximum absolute atomic E-state index is 13.1. The Morgan fingerprint density at radius 3 is 2.17 bits per heavy atom. The van der Waals surface area contributed by atoms with Crippen molar-refractivity contribution in [3.63, 3.8) is 0 Å². The van der Waals surface area contributed by atoms with Crippen LogP contribution in [-0.2, 0) is 28.6 Å². The average molecular weight is 533 g/mol. The fourth-order valence-electron chi connectivity index (χ4n) is 3.83. The molecule has 0 unspecified atom stereocenters. The second-order valence-electron chi connectivity index (χ2n) is 9.68. The van der Waals surface area contributed by atoms with Gasteiger partial charge in [0.15, 0.2) is 5.78 Å². The minimum Gasteiger partial charge on any atom is -0.382 e. The lowest BCUT2D eigenvalue weighted by Gasteiger charge is -2.24. The number of hydrogen-bond donors (Lipinski definition) is 2. The van der Waals surface area contributed by atoms with E-state index in [9.17, 15) is 14.4 Å². The first kappa shape index (κ1) is 35.0. The molecule has 0 bridgehead atoms. The van der Waals surface area contributed by atoms with Crippen LogP contribution in [0.25, 0.3) is 0 Å². The van der Waals surface area contributed by atoms with Crippen LogP contribution >= 0.6 is 11.8 Å². The van der Waals surface area contributed by atoms with Crippen molar-refractivity contribution in [3.8, 4) is 0 Å². The Hall–Kier alpha value is -1.00. The van der Waals surface area contributed by atoms with E-state index < -0.39 is 6.04 Å². The third-order valence-corrected chi connectivity index (χ3v) is 7.07. The molecule has 1 amide bonds. The number of ether oxygens (including phenoxy) is 3. The highest BCUT2D eigenvalue weighted by Crippen LogP contribution is 2.19. The van der Waals surface area contributed by atoms with Crippen LogP contribution in [0.2, 0.25) is 0 Å². The molecule has 0 heterocycles. The van der Waals surface area contributed by atoms with Crippen molar-refractivity contribution in [3.05, 3.63) is 0 Å². The first-order chi connectivity index (χ1) is 17.3. The minimum absolute atomic E-state index is 0.0288. The van der Waals surface area contributed by atoms with Gasteiger partial charge >= 0.3 is 0 Å². The van der Waals surface area contributed by atoms with Gasteiger partial charge in [0.05, 0.1) is 39.1 Å². The molecule has 0 radical (unpaired) electrons. The average Bonchev–Trinajstić information content (AvgIpc) is 2.83. The summed E-state index contributed by atoms with van der Waals surface area (Å²) in [6, 6.07) is -0.546. The molecule has 212 valence electrons. The standard InChI is InChI=1S/C27H52N2O6S/c1-6-23(10-17-36-18-16-35-15-14-34-13-12-33-5)27(32)29-25(19-21(2)3)26(31)20-24(22(4)30)9-7-8-11-28/h21,23-25H,6-20,28H2,1-5H3,(H,29,32)/t23-,24+,25-/m0/s1. The number of nitrogens with one attached hydrogen (secondary N) is 1. The molecule has 8 nitrogen and oxygen atoms in total. The molecule has 0 rings (SSSR count). The van der Waals surface area contributed by atoms with Gasteiger partial charge in [-0.2, -0.15) is 11.8 Å². The lowest BCUT2D eigenvalue weighted by Crippen LogP contribution is -2.45. The summed E-state index contributed by atoms with van der Waals surface area (Å²) < 4.78 is 15.8. The summed E-state index contributed by atoms with van der Waals surface area (Å²) in [6.45, 7) is 11.1. The summed E-state index contributed by atoms with van der Waals surface area (Å²) in [5, 5.41) is 3.02. The van der Waals surface area contributed by atoms with Gasteiger partial charge in [0.2, 0.25) is 5.91 Å². The fraction of sp³-hybridized carbons (Fsp3) is 0.889. The summed E-state index contributed by atoms with van der Waals surface area (Å²) in [7, 11) is 1.64. The second kappa shape index (κ2) is 23.1. The predicted molar refractivity (Wildman–Crippen MR) is 147 cm³/mol. The minimum atomic E-state index is -0.546. The highest BCUT2D eigenvalue weighted by molar-refractivity contribution is 7.99. The summed E-state index contributed by atoms with van der Waals surface area (Å²) in [5.74, 6) is 1.46. The van der Waals surface area contributed by atoms with E-state index in [0.717, 1.165) is 37.2 Å². The Kier molecular flexibility index (Phi) is 22.5. The SMILES string of the molecule is CC[C@@H](CCSCCOCCOCCOC)C(=O)N[C@@H](CC(C)C)C(=O)C[C@@H](CCCCN)C(C)=O. The van der Waals surface area contributed by atoms with E-state index in [2.05, 4.69) is 5.32 Å². The molecule has 0 aliphatic rings. The molecule has 0 aliphatic carbocycles. The van der Waals surface area contributed by atoms with Crippen molar-refractivity contribution in [2.45, 2.75) is 78.7 Å². The number of nitrogens with two attached hydrogens (primary N) is 1. The van der Waals surface area contributed by atoms with Gasteiger partial charge < -0.3 is 25.3 Å². The third kappa shape index (κ3) is 18.3. The lowest BCUT2D eigenvalue weighted by molar-refractivity contribution is -0.132. The zero-order valence-electron chi connectivity index (χ0n) is 23.4. The van der Waals surface area contributed by atoms with E-state index >= 15 is 0 Å². The number of ketones is 2. The second-order valence-corrected chi connectivity index (χ2v) is 10.9. The molecule has 3 N–H and O–H groups in total. The fourth-order valence-corrected chi connectivity index (χ4v) is 4.72. The van der Waals surface area contributed by atoms with Gasteiger partial charge in [0.25, 0.3) is 0 Å². The number of carbonyl (C=O) groups excluding carboxylic acids is 3. The highest BCUT2D eigenvalue weighted by Gasteiger charge is 2.28. The van der Waals surface area contributed by atoms with Gasteiger partial charge in [-0.25, -0.2) is 0 Å².